The normalized spacial score (nSPS) is 26.8. The average molecular weight is 267 g/mol. The van der Waals surface area contributed by atoms with E-state index in [9.17, 15) is 8.42 Å². The summed E-state index contributed by atoms with van der Waals surface area (Å²) in [4.78, 5) is 2.88. The summed E-state index contributed by atoms with van der Waals surface area (Å²) in [6, 6.07) is 0. The van der Waals surface area contributed by atoms with Crippen LogP contribution < -0.4 is 9.54 Å². The lowest BCUT2D eigenvalue weighted by Crippen LogP contribution is -2.87. The molecular formula is C6H20BF2N3Si3. The number of hydrogen-bond acceptors (Lipinski definition) is 3. The second-order valence-electron chi connectivity index (χ2n) is 5.57. The molecule has 88 valence electrons. The van der Waals surface area contributed by atoms with Gasteiger partial charge in [-0.2, -0.15) is 0 Å². The van der Waals surface area contributed by atoms with E-state index in [1.165, 1.54) is 17.2 Å². The van der Waals surface area contributed by atoms with E-state index >= 15 is 0 Å². The summed E-state index contributed by atoms with van der Waals surface area (Å²) in [5.74, 6) is 0. The Balaban J connectivity index is 3.00. The molecule has 0 aromatic rings. The molecule has 9 heteroatoms. The lowest BCUT2D eigenvalue weighted by Gasteiger charge is -2.51. The van der Waals surface area contributed by atoms with Gasteiger partial charge in [0.15, 0.2) is 16.8 Å². The van der Waals surface area contributed by atoms with Gasteiger partial charge in [0, 0.05) is 0 Å². The van der Waals surface area contributed by atoms with Crippen molar-refractivity contribution in [1.29, 1.82) is 0 Å². The Labute approximate surface area is 94.4 Å². The average Bonchev–Trinajstić information content (AvgIpc) is 1.71. The van der Waals surface area contributed by atoms with E-state index < -0.39 is 32.6 Å². The topological polar surface area (TPSA) is 27.3 Å². The van der Waals surface area contributed by atoms with Crippen LogP contribution >= 0.6 is 0 Å². The monoisotopic (exact) mass is 267 g/mol. The summed E-state index contributed by atoms with van der Waals surface area (Å²) in [5, 5.41) is 0. The largest absolute Gasteiger partial charge is 0.501 e. The van der Waals surface area contributed by atoms with Crippen LogP contribution in [0, 0.1) is 0 Å². The molecule has 0 aromatic heterocycles. The molecule has 0 aliphatic carbocycles. The summed E-state index contributed by atoms with van der Waals surface area (Å²) in [6.45, 7) is 11.1. The molecule has 0 saturated carbocycles. The Hall–Kier alpha value is 0.456. The maximum atomic E-state index is 14.1. The van der Waals surface area contributed by atoms with Gasteiger partial charge in [-0.05, 0) is 39.3 Å². The van der Waals surface area contributed by atoms with Gasteiger partial charge in [-0.1, -0.05) is 0 Å². The number of nitrogens with zero attached hydrogens (tertiary/aromatic N) is 1. The third kappa shape index (κ3) is 2.98. The molecule has 1 rings (SSSR count). The molecule has 2 N–H and O–H groups in total. The Kier molecular flexibility index (Phi) is 3.37. The highest BCUT2D eigenvalue weighted by Crippen LogP contribution is 2.25. The molecule has 1 fully saturated rings. The highest BCUT2D eigenvalue weighted by molar-refractivity contribution is 7.05. The van der Waals surface area contributed by atoms with Crippen LogP contribution in [0.15, 0.2) is 0 Å². The predicted octanol–water partition coefficient (Wildman–Crippen LogP) is 1.51. The first-order valence-corrected chi connectivity index (χ1v) is 13.9. The fourth-order valence-electron chi connectivity index (χ4n) is 2.44. The molecule has 1 aliphatic rings. The minimum atomic E-state index is -3.10. The quantitative estimate of drug-likeness (QED) is 0.557. The zero-order valence-electron chi connectivity index (χ0n) is 10.3. The lowest BCUT2D eigenvalue weighted by molar-refractivity contribution is 0.617. The van der Waals surface area contributed by atoms with E-state index in [1.54, 1.807) is 0 Å². The fraction of sp³-hybridized carbons (Fsp3) is 1.00. The van der Waals surface area contributed by atoms with E-state index in [-0.39, 0.29) is 0 Å². The van der Waals surface area contributed by atoms with E-state index in [1.807, 2.05) is 26.2 Å². The van der Waals surface area contributed by atoms with E-state index in [2.05, 4.69) is 9.54 Å². The number of rotatable bonds is 1. The highest BCUT2D eigenvalue weighted by Gasteiger charge is 2.55. The first-order chi connectivity index (χ1) is 6.46. The molecule has 3 nitrogen and oxygen atoms in total. The third-order valence-electron chi connectivity index (χ3n) is 2.50. The molecule has 0 unspecified atom stereocenters. The smallest absolute Gasteiger partial charge is 0.337 e. The maximum absolute atomic E-state index is 14.1. The van der Waals surface area contributed by atoms with Crippen LogP contribution in [-0.2, 0) is 0 Å². The second-order valence-corrected chi connectivity index (χ2v) is 17.5. The van der Waals surface area contributed by atoms with E-state index in [0.29, 0.717) is 0 Å². The van der Waals surface area contributed by atoms with E-state index in [4.69, 9.17) is 0 Å². The van der Waals surface area contributed by atoms with Crippen molar-refractivity contribution in [3.05, 3.63) is 0 Å². The molecule has 0 spiro atoms. The van der Waals surface area contributed by atoms with Gasteiger partial charge in [-0.3, -0.25) is 8.42 Å². The van der Waals surface area contributed by atoms with Gasteiger partial charge in [-0.25, -0.2) is 0 Å². The van der Waals surface area contributed by atoms with Crippen molar-refractivity contribution >= 4 is 32.6 Å². The highest BCUT2D eigenvalue weighted by atomic mass is 28.5. The Morgan fingerprint density at radius 3 is 2.00 bits per heavy atom. The SMILES string of the molecule is C[Si]1(C)NB(F)N([Si](C)(C)F)[Si](C)(C)N1. The minimum Gasteiger partial charge on any atom is -0.337 e. The van der Waals surface area contributed by atoms with Crippen LogP contribution in [0.4, 0.5) is 8.42 Å². The predicted molar refractivity (Wildman–Crippen MR) is 68.5 cm³/mol. The molecule has 0 bridgehead atoms. The molecular weight excluding hydrogens is 247 g/mol. The van der Waals surface area contributed by atoms with Crippen molar-refractivity contribution in [2.45, 2.75) is 39.3 Å². The van der Waals surface area contributed by atoms with Crippen LogP contribution in [0.1, 0.15) is 0 Å². The van der Waals surface area contributed by atoms with Gasteiger partial charge in [0.05, 0.1) is 0 Å². The van der Waals surface area contributed by atoms with Gasteiger partial charge < -0.3 is 13.7 Å². The van der Waals surface area contributed by atoms with Gasteiger partial charge in [0.25, 0.3) is 0 Å². The molecule has 1 saturated heterocycles. The number of hydrogen-bond donors (Lipinski definition) is 2. The standard InChI is InChI=1S/C6H20BF2N3Si3/c1-13(2,9)12-7(8)10-14(3,4)11-15(12,5)6/h10-11H,1-6H3. The summed E-state index contributed by atoms with van der Waals surface area (Å²) in [7, 11) is -8.49. The van der Waals surface area contributed by atoms with Crippen LogP contribution in [0.2, 0.25) is 39.3 Å². The second kappa shape index (κ2) is 3.74. The molecule has 1 heterocycles. The van der Waals surface area contributed by atoms with E-state index in [0.717, 1.165) is 0 Å². The Morgan fingerprint density at radius 2 is 1.67 bits per heavy atom. The molecule has 15 heavy (non-hydrogen) atoms. The number of halogens is 2. The lowest BCUT2D eigenvalue weighted by atomic mass is 10.2. The summed E-state index contributed by atoms with van der Waals surface area (Å²) in [5.41, 5.74) is 0. The van der Waals surface area contributed by atoms with Gasteiger partial charge in [0.2, 0.25) is 0 Å². The minimum absolute atomic E-state index is 1.32. The van der Waals surface area contributed by atoms with Gasteiger partial charge in [-0.15, -0.1) is 0 Å². The first-order valence-electron chi connectivity index (χ1n) is 5.15. The van der Waals surface area contributed by atoms with Crippen LogP contribution in [0.25, 0.3) is 0 Å². The zero-order valence-corrected chi connectivity index (χ0v) is 13.3. The van der Waals surface area contributed by atoms with Crippen molar-refractivity contribution in [3.8, 4) is 0 Å². The Morgan fingerprint density at radius 1 is 1.20 bits per heavy atom. The molecule has 0 aromatic carbocycles. The summed E-state index contributed by atoms with van der Waals surface area (Å²) < 4.78 is 33.0. The first kappa shape index (κ1) is 13.5. The zero-order chi connectivity index (χ0) is 12.1. The third-order valence-corrected chi connectivity index (χ3v) is 14.5. The molecule has 0 radical (unpaired) electrons. The van der Waals surface area contributed by atoms with Crippen molar-refractivity contribution < 1.29 is 8.42 Å². The molecule has 0 atom stereocenters. The van der Waals surface area contributed by atoms with Crippen LogP contribution in [-0.4, -0.2) is 36.8 Å². The summed E-state index contributed by atoms with van der Waals surface area (Å²) in [6.07, 6.45) is 0. The van der Waals surface area contributed by atoms with Crippen molar-refractivity contribution in [2.24, 2.45) is 0 Å². The molecule has 1 aliphatic heterocycles. The van der Waals surface area contributed by atoms with Crippen LogP contribution in [0.3, 0.4) is 0 Å². The van der Waals surface area contributed by atoms with Crippen molar-refractivity contribution in [1.82, 2.24) is 13.7 Å². The number of nitrogens with one attached hydrogen (secondary N) is 2. The summed E-state index contributed by atoms with van der Waals surface area (Å²) >= 11 is 0. The van der Waals surface area contributed by atoms with Gasteiger partial charge >= 0.3 is 15.8 Å². The van der Waals surface area contributed by atoms with Gasteiger partial charge in [0.1, 0.15) is 0 Å². The van der Waals surface area contributed by atoms with Crippen molar-refractivity contribution in [2.75, 3.05) is 0 Å². The Bertz CT molecular complexity index is 258. The molecule has 0 amide bonds. The van der Waals surface area contributed by atoms with Crippen LogP contribution in [0.5, 0.6) is 0 Å². The van der Waals surface area contributed by atoms with Crippen molar-refractivity contribution in [3.63, 3.8) is 0 Å². The fourth-order valence-corrected chi connectivity index (χ4v) is 17.4. The maximum Gasteiger partial charge on any atom is 0.501 e.